The van der Waals surface area contributed by atoms with Gasteiger partial charge in [-0.05, 0) is 68.5 Å². The van der Waals surface area contributed by atoms with Gasteiger partial charge in [-0.3, -0.25) is 9.59 Å². The van der Waals surface area contributed by atoms with Crippen LogP contribution in [0.3, 0.4) is 0 Å². The van der Waals surface area contributed by atoms with E-state index in [4.69, 9.17) is 4.74 Å². The quantitative estimate of drug-likeness (QED) is 0.671. The SMILES string of the molecule is COc1ccc(C(=O)NC2CCN(C(=O)C3CC(c4ccc(C)cc4C)NN3)CC2)cc1. The topological polar surface area (TPSA) is 82.7 Å². The molecule has 2 aliphatic heterocycles. The van der Waals surface area contributed by atoms with E-state index in [1.165, 1.54) is 16.7 Å². The average Bonchev–Trinajstić information content (AvgIpc) is 3.29. The van der Waals surface area contributed by atoms with E-state index in [9.17, 15) is 9.59 Å². The van der Waals surface area contributed by atoms with Crippen molar-refractivity contribution in [2.24, 2.45) is 0 Å². The zero-order valence-corrected chi connectivity index (χ0v) is 19.0. The Morgan fingerprint density at radius 2 is 1.75 bits per heavy atom. The molecular formula is C25H32N4O3. The number of nitrogens with zero attached hydrogens (tertiary/aromatic N) is 1. The number of hydrogen-bond donors (Lipinski definition) is 3. The zero-order valence-electron chi connectivity index (χ0n) is 19.0. The molecule has 0 radical (unpaired) electrons. The lowest BCUT2D eigenvalue weighted by molar-refractivity contribution is -0.134. The Balaban J connectivity index is 1.26. The standard InChI is InChI=1S/C25H32N4O3/c1-16-4-9-21(17(2)14-16)22-15-23(28-27-22)25(31)29-12-10-19(11-13-29)26-24(30)18-5-7-20(32-3)8-6-18/h4-9,14,19,22-23,27-28H,10-13,15H2,1-3H3,(H,26,30). The van der Waals surface area contributed by atoms with Crippen molar-refractivity contribution < 1.29 is 14.3 Å². The summed E-state index contributed by atoms with van der Waals surface area (Å²) in [4.78, 5) is 27.5. The van der Waals surface area contributed by atoms with Gasteiger partial charge in [-0.25, -0.2) is 10.9 Å². The predicted molar refractivity (Wildman–Crippen MR) is 123 cm³/mol. The third-order valence-electron chi connectivity index (χ3n) is 6.50. The van der Waals surface area contributed by atoms with E-state index in [-0.39, 0.29) is 29.9 Å². The van der Waals surface area contributed by atoms with E-state index in [2.05, 4.69) is 48.2 Å². The fourth-order valence-electron chi connectivity index (χ4n) is 4.61. The molecule has 0 aromatic heterocycles. The van der Waals surface area contributed by atoms with Crippen LogP contribution in [0.5, 0.6) is 5.75 Å². The number of carbonyl (C=O) groups is 2. The second-order valence-electron chi connectivity index (χ2n) is 8.79. The van der Waals surface area contributed by atoms with Crippen molar-refractivity contribution in [3.63, 3.8) is 0 Å². The summed E-state index contributed by atoms with van der Waals surface area (Å²) < 4.78 is 5.14. The van der Waals surface area contributed by atoms with Gasteiger partial charge in [0.1, 0.15) is 11.8 Å². The van der Waals surface area contributed by atoms with Crippen LogP contribution in [-0.4, -0.2) is 49.0 Å². The van der Waals surface area contributed by atoms with Crippen molar-refractivity contribution >= 4 is 11.8 Å². The molecule has 2 atom stereocenters. The first-order valence-electron chi connectivity index (χ1n) is 11.3. The Kier molecular flexibility index (Phi) is 6.77. The van der Waals surface area contributed by atoms with E-state index < -0.39 is 0 Å². The molecule has 0 aliphatic carbocycles. The van der Waals surface area contributed by atoms with Gasteiger partial charge >= 0.3 is 0 Å². The van der Waals surface area contributed by atoms with E-state index >= 15 is 0 Å². The first-order chi connectivity index (χ1) is 15.4. The normalized spacial score (nSPS) is 21.4. The van der Waals surface area contributed by atoms with Gasteiger partial charge in [-0.1, -0.05) is 23.8 Å². The zero-order chi connectivity index (χ0) is 22.7. The number of carbonyl (C=O) groups excluding carboxylic acids is 2. The van der Waals surface area contributed by atoms with Gasteiger partial charge in [0.05, 0.1) is 7.11 Å². The van der Waals surface area contributed by atoms with Crippen molar-refractivity contribution in [3.05, 3.63) is 64.7 Å². The van der Waals surface area contributed by atoms with Gasteiger partial charge in [0.2, 0.25) is 5.91 Å². The van der Waals surface area contributed by atoms with E-state index in [0.717, 1.165) is 25.0 Å². The minimum atomic E-state index is -0.230. The molecule has 2 aromatic rings. The van der Waals surface area contributed by atoms with Crippen molar-refractivity contribution in [1.29, 1.82) is 0 Å². The summed E-state index contributed by atoms with van der Waals surface area (Å²) in [6, 6.07) is 13.5. The summed E-state index contributed by atoms with van der Waals surface area (Å²) in [5.41, 5.74) is 10.8. The highest BCUT2D eigenvalue weighted by molar-refractivity contribution is 5.94. The summed E-state index contributed by atoms with van der Waals surface area (Å²) in [7, 11) is 1.60. The van der Waals surface area contributed by atoms with Crippen molar-refractivity contribution in [3.8, 4) is 5.75 Å². The van der Waals surface area contributed by atoms with Gasteiger partial charge in [-0.2, -0.15) is 0 Å². The molecule has 2 heterocycles. The fourth-order valence-corrected chi connectivity index (χ4v) is 4.61. The molecule has 7 heteroatoms. The van der Waals surface area contributed by atoms with Crippen LogP contribution >= 0.6 is 0 Å². The second-order valence-corrected chi connectivity index (χ2v) is 8.79. The van der Waals surface area contributed by atoms with Gasteiger partial charge in [0.25, 0.3) is 5.91 Å². The highest BCUT2D eigenvalue weighted by atomic mass is 16.5. The Bertz CT molecular complexity index is 968. The lowest BCUT2D eigenvalue weighted by Gasteiger charge is -2.33. The first-order valence-corrected chi connectivity index (χ1v) is 11.3. The maximum absolute atomic E-state index is 13.1. The first kappa shape index (κ1) is 22.3. The fraction of sp³-hybridized carbons (Fsp3) is 0.440. The smallest absolute Gasteiger partial charge is 0.251 e. The molecule has 7 nitrogen and oxygen atoms in total. The van der Waals surface area contributed by atoms with Crippen LogP contribution in [-0.2, 0) is 4.79 Å². The van der Waals surface area contributed by atoms with E-state index in [1.807, 2.05) is 4.90 Å². The molecule has 4 rings (SSSR count). The Morgan fingerprint density at radius 3 is 2.41 bits per heavy atom. The Labute approximate surface area is 189 Å². The van der Waals surface area contributed by atoms with Crippen LogP contribution in [0.4, 0.5) is 0 Å². The number of hydrogen-bond acceptors (Lipinski definition) is 5. The molecule has 2 amide bonds. The number of likely N-dealkylation sites (tertiary alicyclic amines) is 1. The van der Waals surface area contributed by atoms with E-state index in [1.54, 1.807) is 31.4 Å². The number of nitrogens with one attached hydrogen (secondary N) is 3. The predicted octanol–water partition coefficient (Wildman–Crippen LogP) is 2.64. The lowest BCUT2D eigenvalue weighted by atomic mass is 9.95. The molecule has 3 N–H and O–H groups in total. The number of rotatable bonds is 5. The van der Waals surface area contributed by atoms with Crippen molar-refractivity contribution in [2.75, 3.05) is 20.2 Å². The summed E-state index contributed by atoms with van der Waals surface area (Å²) in [5, 5.41) is 3.10. The molecule has 2 fully saturated rings. The van der Waals surface area contributed by atoms with Crippen LogP contribution < -0.4 is 20.9 Å². The van der Waals surface area contributed by atoms with Crippen molar-refractivity contribution in [2.45, 2.75) is 51.2 Å². The largest absolute Gasteiger partial charge is 0.497 e. The molecule has 32 heavy (non-hydrogen) atoms. The summed E-state index contributed by atoms with van der Waals surface area (Å²) in [6.45, 7) is 5.51. The maximum atomic E-state index is 13.1. The van der Waals surface area contributed by atoms with Gasteiger partial charge in [-0.15, -0.1) is 0 Å². The molecule has 2 unspecified atom stereocenters. The second kappa shape index (κ2) is 9.71. The Hall–Kier alpha value is -2.90. The molecule has 0 bridgehead atoms. The molecule has 2 aliphatic rings. The lowest BCUT2D eigenvalue weighted by Crippen LogP contribution is -2.51. The number of amides is 2. The number of piperidine rings is 1. The van der Waals surface area contributed by atoms with Gasteiger partial charge in [0.15, 0.2) is 0 Å². The third kappa shape index (κ3) is 4.95. The number of aryl methyl sites for hydroxylation is 2. The minimum absolute atomic E-state index is 0.0753. The summed E-state index contributed by atoms with van der Waals surface area (Å²) >= 11 is 0. The average molecular weight is 437 g/mol. The highest BCUT2D eigenvalue weighted by Crippen LogP contribution is 2.27. The van der Waals surface area contributed by atoms with Crippen LogP contribution in [0.15, 0.2) is 42.5 Å². The molecule has 0 spiro atoms. The minimum Gasteiger partial charge on any atom is -0.497 e. The van der Waals surface area contributed by atoms with Gasteiger partial charge in [0, 0.05) is 30.7 Å². The number of methoxy groups -OCH3 is 1. The molecule has 2 aromatic carbocycles. The third-order valence-corrected chi connectivity index (χ3v) is 6.50. The van der Waals surface area contributed by atoms with Crippen molar-refractivity contribution in [1.82, 2.24) is 21.1 Å². The van der Waals surface area contributed by atoms with Crippen LogP contribution in [0.2, 0.25) is 0 Å². The summed E-state index contributed by atoms with van der Waals surface area (Å²) in [6.07, 6.45) is 2.25. The van der Waals surface area contributed by atoms with Crippen LogP contribution in [0.1, 0.15) is 52.4 Å². The van der Waals surface area contributed by atoms with Crippen LogP contribution in [0, 0.1) is 13.8 Å². The number of benzene rings is 2. The summed E-state index contributed by atoms with van der Waals surface area (Å²) in [5.74, 6) is 0.767. The molecule has 2 saturated heterocycles. The monoisotopic (exact) mass is 436 g/mol. The molecule has 170 valence electrons. The molecule has 0 saturated carbocycles. The van der Waals surface area contributed by atoms with Crippen LogP contribution in [0.25, 0.3) is 0 Å². The number of hydrazine groups is 1. The Morgan fingerprint density at radius 1 is 1.03 bits per heavy atom. The van der Waals surface area contributed by atoms with Gasteiger partial charge < -0.3 is 15.0 Å². The number of ether oxygens (including phenoxy) is 1. The highest BCUT2D eigenvalue weighted by Gasteiger charge is 2.35. The maximum Gasteiger partial charge on any atom is 0.251 e. The molecular weight excluding hydrogens is 404 g/mol. The van der Waals surface area contributed by atoms with E-state index in [0.29, 0.717) is 18.7 Å².